The molecular weight excluding hydrogens is 259 g/mol. The SMILES string of the molecule is CCOC1(C(O)c2cc3cc(F)ccc3o2)CCCC1. The molecule has 1 aromatic heterocycles. The van der Waals surface area contributed by atoms with Crippen LogP contribution in [0.1, 0.15) is 44.5 Å². The van der Waals surface area contributed by atoms with Crippen LogP contribution in [0.2, 0.25) is 0 Å². The van der Waals surface area contributed by atoms with Crippen LogP contribution in [0.4, 0.5) is 4.39 Å². The molecule has 1 aliphatic rings. The van der Waals surface area contributed by atoms with Crippen LogP contribution < -0.4 is 0 Å². The summed E-state index contributed by atoms with van der Waals surface area (Å²) in [6, 6.07) is 6.07. The van der Waals surface area contributed by atoms with Gasteiger partial charge in [-0.1, -0.05) is 12.8 Å². The number of fused-ring (bicyclic) bond motifs is 1. The van der Waals surface area contributed by atoms with E-state index in [9.17, 15) is 9.50 Å². The van der Waals surface area contributed by atoms with Crippen molar-refractivity contribution in [2.45, 2.75) is 44.3 Å². The molecule has 0 radical (unpaired) electrons. The highest BCUT2D eigenvalue weighted by Gasteiger charge is 2.43. The van der Waals surface area contributed by atoms with Gasteiger partial charge in [-0.3, -0.25) is 0 Å². The molecule has 0 saturated heterocycles. The molecule has 3 rings (SSSR count). The smallest absolute Gasteiger partial charge is 0.140 e. The van der Waals surface area contributed by atoms with Gasteiger partial charge in [0.1, 0.15) is 28.9 Å². The van der Waals surface area contributed by atoms with E-state index in [2.05, 4.69) is 0 Å². The van der Waals surface area contributed by atoms with Crippen LogP contribution in [0.5, 0.6) is 0 Å². The van der Waals surface area contributed by atoms with Gasteiger partial charge in [0.15, 0.2) is 0 Å². The Morgan fingerprint density at radius 2 is 2.10 bits per heavy atom. The molecule has 2 aromatic rings. The van der Waals surface area contributed by atoms with E-state index < -0.39 is 11.7 Å². The molecule has 4 heteroatoms. The summed E-state index contributed by atoms with van der Waals surface area (Å²) in [5.74, 6) is 0.153. The molecule has 0 aliphatic heterocycles. The first-order valence-electron chi connectivity index (χ1n) is 7.16. The van der Waals surface area contributed by atoms with Crippen LogP contribution >= 0.6 is 0 Å². The predicted molar refractivity (Wildman–Crippen MR) is 74.0 cm³/mol. The third-order valence-electron chi connectivity index (χ3n) is 4.15. The normalized spacial score (nSPS) is 19.6. The summed E-state index contributed by atoms with van der Waals surface area (Å²) in [6.07, 6.45) is 2.94. The molecule has 1 aromatic carbocycles. The number of halogens is 1. The number of hydrogen-bond donors (Lipinski definition) is 1. The molecule has 1 heterocycles. The zero-order valence-corrected chi connectivity index (χ0v) is 11.6. The largest absolute Gasteiger partial charge is 0.458 e. The van der Waals surface area contributed by atoms with Crippen LogP contribution in [-0.4, -0.2) is 17.3 Å². The fourth-order valence-electron chi connectivity index (χ4n) is 3.19. The lowest BCUT2D eigenvalue weighted by Gasteiger charge is -2.32. The lowest BCUT2D eigenvalue weighted by molar-refractivity contribution is -0.124. The molecule has 3 nitrogen and oxygen atoms in total. The molecule has 1 unspecified atom stereocenters. The van der Waals surface area contributed by atoms with Gasteiger partial charge in [-0.15, -0.1) is 0 Å². The average molecular weight is 278 g/mol. The maximum absolute atomic E-state index is 13.2. The third-order valence-corrected chi connectivity index (χ3v) is 4.15. The molecule has 108 valence electrons. The van der Waals surface area contributed by atoms with E-state index in [1.165, 1.54) is 12.1 Å². The maximum Gasteiger partial charge on any atom is 0.140 e. The molecule has 0 amide bonds. The number of furan rings is 1. The van der Waals surface area contributed by atoms with Gasteiger partial charge in [-0.25, -0.2) is 4.39 Å². The summed E-state index contributed by atoms with van der Waals surface area (Å²) in [4.78, 5) is 0. The lowest BCUT2D eigenvalue weighted by atomic mass is 9.92. The second-order valence-corrected chi connectivity index (χ2v) is 5.44. The van der Waals surface area contributed by atoms with Gasteiger partial charge in [0.05, 0.1) is 0 Å². The maximum atomic E-state index is 13.2. The molecule has 20 heavy (non-hydrogen) atoms. The number of hydrogen-bond acceptors (Lipinski definition) is 3. The van der Waals surface area contributed by atoms with Gasteiger partial charge in [-0.05, 0) is 44.0 Å². The Bertz CT molecular complexity index is 599. The third kappa shape index (κ3) is 2.23. The summed E-state index contributed by atoms with van der Waals surface area (Å²) in [5.41, 5.74) is 0.0337. The van der Waals surface area contributed by atoms with Gasteiger partial charge < -0.3 is 14.3 Å². The minimum Gasteiger partial charge on any atom is -0.458 e. The van der Waals surface area contributed by atoms with Gasteiger partial charge >= 0.3 is 0 Å². The van der Waals surface area contributed by atoms with Gasteiger partial charge in [-0.2, -0.15) is 0 Å². The van der Waals surface area contributed by atoms with Gasteiger partial charge in [0.25, 0.3) is 0 Å². The Morgan fingerprint density at radius 1 is 1.35 bits per heavy atom. The minimum atomic E-state index is -0.805. The average Bonchev–Trinajstić information content (AvgIpc) is 3.05. The van der Waals surface area contributed by atoms with Crippen molar-refractivity contribution in [3.8, 4) is 0 Å². The summed E-state index contributed by atoms with van der Waals surface area (Å²) in [5, 5.41) is 11.3. The molecule has 1 aliphatic carbocycles. The van der Waals surface area contributed by atoms with Crippen LogP contribution in [0.25, 0.3) is 11.0 Å². The molecule has 0 bridgehead atoms. The Labute approximate surface area is 117 Å². The van der Waals surface area contributed by atoms with Gasteiger partial charge in [0, 0.05) is 12.0 Å². The molecule has 1 fully saturated rings. The van der Waals surface area contributed by atoms with E-state index in [1.54, 1.807) is 12.1 Å². The molecule has 1 N–H and O–H groups in total. The molecule has 1 saturated carbocycles. The summed E-state index contributed by atoms with van der Waals surface area (Å²) in [7, 11) is 0. The highest BCUT2D eigenvalue weighted by Crippen LogP contribution is 2.44. The first-order valence-corrected chi connectivity index (χ1v) is 7.16. The highest BCUT2D eigenvalue weighted by atomic mass is 19.1. The van der Waals surface area contributed by atoms with Crippen molar-refractivity contribution in [3.05, 3.63) is 35.8 Å². The highest BCUT2D eigenvalue weighted by molar-refractivity contribution is 5.78. The van der Waals surface area contributed by atoms with Crippen LogP contribution in [-0.2, 0) is 4.74 Å². The number of ether oxygens (including phenoxy) is 1. The van der Waals surface area contributed by atoms with Crippen molar-refractivity contribution in [1.29, 1.82) is 0 Å². The number of aliphatic hydroxyl groups is 1. The van der Waals surface area contributed by atoms with Crippen molar-refractivity contribution in [2.75, 3.05) is 6.61 Å². The number of rotatable bonds is 4. The zero-order valence-electron chi connectivity index (χ0n) is 11.6. The standard InChI is InChI=1S/C16H19FO3/c1-2-19-16(7-3-4-8-16)15(18)14-10-11-9-12(17)5-6-13(11)20-14/h5-6,9-10,15,18H,2-4,7-8H2,1H3. The number of benzene rings is 1. The zero-order chi connectivity index (χ0) is 14.2. The minimum absolute atomic E-state index is 0.306. The summed E-state index contributed by atoms with van der Waals surface area (Å²) >= 11 is 0. The van der Waals surface area contributed by atoms with E-state index >= 15 is 0 Å². The summed E-state index contributed by atoms with van der Waals surface area (Å²) in [6.45, 7) is 2.49. The van der Waals surface area contributed by atoms with Crippen molar-refractivity contribution >= 4 is 11.0 Å². The second-order valence-electron chi connectivity index (χ2n) is 5.44. The van der Waals surface area contributed by atoms with E-state index in [-0.39, 0.29) is 5.82 Å². The Balaban J connectivity index is 1.96. The van der Waals surface area contributed by atoms with E-state index in [0.29, 0.717) is 23.3 Å². The monoisotopic (exact) mass is 278 g/mol. The quantitative estimate of drug-likeness (QED) is 0.920. The van der Waals surface area contributed by atoms with E-state index in [1.807, 2.05) is 6.92 Å². The summed E-state index contributed by atoms with van der Waals surface area (Å²) < 4.78 is 24.7. The topological polar surface area (TPSA) is 42.6 Å². The van der Waals surface area contributed by atoms with Crippen molar-refractivity contribution in [3.63, 3.8) is 0 Å². The first-order chi connectivity index (χ1) is 9.64. The second kappa shape index (κ2) is 5.19. The molecule has 0 spiro atoms. The fourth-order valence-corrected chi connectivity index (χ4v) is 3.19. The molecular formula is C16H19FO3. The van der Waals surface area contributed by atoms with Crippen LogP contribution in [0, 0.1) is 5.82 Å². The van der Waals surface area contributed by atoms with Gasteiger partial charge in [0.2, 0.25) is 0 Å². The Kier molecular flexibility index (Phi) is 3.52. The lowest BCUT2D eigenvalue weighted by Crippen LogP contribution is -2.36. The van der Waals surface area contributed by atoms with Crippen molar-refractivity contribution < 1.29 is 18.7 Å². The van der Waals surface area contributed by atoms with E-state index in [0.717, 1.165) is 25.7 Å². The Morgan fingerprint density at radius 3 is 2.80 bits per heavy atom. The van der Waals surface area contributed by atoms with Crippen molar-refractivity contribution in [2.24, 2.45) is 0 Å². The predicted octanol–water partition coefficient (Wildman–Crippen LogP) is 3.95. The Hall–Kier alpha value is -1.39. The van der Waals surface area contributed by atoms with E-state index in [4.69, 9.17) is 9.15 Å². The molecule has 1 atom stereocenters. The first kappa shape index (κ1) is 13.6. The fraction of sp³-hybridized carbons (Fsp3) is 0.500. The number of aliphatic hydroxyl groups excluding tert-OH is 1. The van der Waals surface area contributed by atoms with Crippen LogP contribution in [0.3, 0.4) is 0 Å². The van der Waals surface area contributed by atoms with Crippen LogP contribution in [0.15, 0.2) is 28.7 Å². The van der Waals surface area contributed by atoms with Crippen molar-refractivity contribution in [1.82, 2.24) is 0 Å².